The zero-order chi connectivity index (χ0) is 13.8. The van der Waals surface area contributed by atoms with Crippen LogP contribution in [0.3, 0.4) is 0 Å². The number of aromatic nitrogens is 2. The molecule has 0 unspecified atom stereocenters. The minimum Gasteiger partial charge on any atom is -0.357 e. The van der Waals surface area contributed by atoms with Gasteiger partial charge in [0.05, 0.1) is 26.8 Å². The highest BCUT2D eigenvalue weighted by Gasteiger charge is 2.08. The molecule has 2 rings (SSSR count). The van der Waals surface area contributed by atoms with Gasteiger partial charge in [-0.05, 0) is 34.1 Å². The number of nitrogens with one attached hydrogen (secondary N) is 2. The van der Waals surface area contributed by atoms with Gasteiger partial charge in [0.1, 0.15) is 5.82 Å². The number of halogens is 2. The highest BCUT2D eigenvalue weighted by molar-refractivity contribution is 9.10. The lowest BCUT2D eigenvalue weighted by atomic mass is 10.2. The fourth-order valence-electron chi connectivity index (χ4n) is 1.39. The zero-order valence-corrected chi connectivity index (χ0v) is 12.2. The molecule has 0 amide bonds. The standard InChI is InChI=1S/C12H9BrClN5/c1-16-12-17-6-8(13)11(19-12)18-10-4-7(5-15)2-3-9(10)14/h2-4,6H,1H3,(H2,16,17,18,19). The molecule has 7 heteroatoms. The maximum Gasteiger partial charge on any atom is 0.224 e. The lowest BCUT2D eigenvalue weighted by molar-refractivity contribution is 1.14. The Kier molecular flexibility index (Phi) is 4.20. The fourth-order valence-corrected chi connectivity index (χ4v) is 1.85. The Morgan fingerprint density at radius 2 is 2.21 bits per heavy atom. The minimum atomic E-state index is 0.485. The lowest BCUT2D eigenvalue weighted by Gasteiger charge is -2.10. The normalized spacial score (nSPS) is 9.79. The van der Waals surface area contributed by atoms with Crippen LogP contribution in [-0.2, 0) is 0 Å². The Hall–Kier alpha value is -1.84. The van der Waals surface area contributed by atoms with Gasteiger partial charge in [0.2, 0.25) is 5.95 Å². The van der Waals surface area contributed by atoms with Crippen molar-refractivity contribution in [3.05, 3.63) is 39.5 Å². The maximum atomic E-state index is 8.89. The van der Waals surface area contributed by atoms with Crippen LogP contribution < -0.4 is 10.6 Å². The van der Waals surface area contributed by atoms with Crippen LogP contribution >= 0.6 is 27.5 Å². The summed E-state index contributed by atoms with van der Waals surface area (Å²) in [5, 5.41) is 15.3. The van der Waals surface area contributed by atoms with Crippen LogP contribution in [0.5, 0.6) is 0 Å². The summed E-state index contributed by atoms with van der Waals surface area (Å²) in [6.45, 7) is 0. The number of hydrogen-bond acceptors (Lipinski definition) is 5. The van der Waals surface area contributed by atoms with Crippen molar-refractivity contribution >= 4 is 45.0 Å². The summed E-state index contributed by atoms with van der Waals surface area (Å²) in [5.41, 5.74) is 1.13. The summed E-state index contributed by atoms with van der Waals surface area (Å²) in [4.78, 5) is 8.32. The Balaban J connectivity index is 2.38. The van der Waals surface area contributed by atoms with Crippen LogP contribution in [0.15, 0.2) is 28.9 Å². The van der Waals surface area contributed by atoms with Crippen molar-refractivity contribution in [2.45, 2.75) is 0 Å². The van der Waals surface area contributed by atoms with E-state index in [0.29, 0.717) is 32.5 Å². The van der Waals surface area contributed by atoms with E-state index in [1.165, 1.54) is 0 Å². The topological polar surface area (TPSA) is 73.6 Å². The van der Waals surface area contributed by atoms with Crippen molar-refractivity contribution in [2.75, 3.05) is 17.7 Å². The van der Waals surface area contributed by atoms with E-state index in [9.17, 15) is 0 Å². The van der Waals surface area contributed by atoms with Crippen LogP contribution in [0.4, 0.5) is 17.5 Å². The van der Waals surface area contributed by atoms with Crippen LogP contribution in [0, 0.1) is 11.3 Å². The van der Waals surface area contributed by atoms with Gasteiger partial charge in [-0.25, -0.2) is 4.98 Å². The summed E-state index contributed by atoms with van der Waals surface area (Å²) >= 11 is 9.44. The molecule has 96 valence electrons. The molecular formula is C12H9BrClN5. The molecule has 0 saturated carbocycles. The second-order valence-electron chi connectivity index (χ2n) is 3.57. The van der Waals surface area contributed by atoms with E-state index in [1.807, 2.05) is 0 Å². The second kappa shape index (κ2) is 5.87. The molecular weight excluding hydrogens is 330 g/mol. The molecule has 0 radical (unpaired) electrons. The van der Waals surface area contributed by atoms with Gasteiger partial charge >= 0.3 is 0 Å². The third-order valence-electron chi connectivity index (χ3n) is 2.32. The number of anilines is 3. The number of hydrogen-bond donors (Lipinski definition) is 2. The van der Waals surface area contributed by atoms with Crippen molar-refractivity contribution in [3.63, 3.8) is 0 Å². The van der Waals surface area contributed by atoms with Crippen LogP contribution in [-0.4, -0.2) is 17.0 Å². The fraction of sp³-hybridized carbons (Fsp3) is 0.0833. The highest BCUT2D eigenvalue weighted by atomic mass is 79.9. The van der Waals surface area contributed by atoms with Crippen LogP contribution in [0.2, 0.25) is 5.02 Å². The molecule has 0 aliphatic heterocycles. The van der Waals surface area contributed by atoms with Gasteiger partial charge in [-0.3, -0.25) is 0 Å². The number of nitriles is 1. The minimum absolute atomic E-state index is 0.485. The molecule has 0 bridgehead atoms. The number of rotatable bonds is 3. The summed E-state index contributed by atoms with van der Waals surface area (Å²) in [6, 6.07) is 7.04. The monoisotopic (exact) mass is 337 g/mol. The van der Waals surface area contributed by atoms with E-state index in [1.54, 1.807) is 31.4 Å². The van der Waals surface area contributed by atoms with E-state index in [-0.39, 0.29) is 0 Å². The molecule has 0 aliphatic carbocycles. The van der Waals surface area contributed by atoms with Gasteiger partial charge in [-0.15, -0.1) is 0 Å². The van der Waals surface area contributed by atoms with Crippen molar-refractivity contribution in [1.29, 1.82) is 5.26 Å². The third-order valence-corrected chi connectivity index (χ3v) is 3.23. The quantitative estimate of drug-likeness (QED) is 0.895. The first-order valence-corrected chi connectivity index (χ1v) is 6.48. The molecule has 2 N–H and O–H groups in total. The number of benzene rings is 1. The molecule has 1 aromatic carbocycles. The van der Waals surface area contributed by atoms with Gasteiger partial charge < -0.3 is 10.6 Å². The smallest absolute Gasteiger partial charge is 0.224 e. The molecule has 0 atom stereocenters. The Morgan fingerprint density at radius 1 is 1.42 bits per heavy atom. The number of nitrogens with zero attached hydrogens (tertiary/aromatic N) is 3. The molecule has 1 heterocycles. The molecule has 2 aromatic rings. The van der Waals surface area contributed by atoms with E-state index >= 15 is 0 Å². The van der Waals surface area contributed by atoms with Gasteiger partial charge in [-0.2, -0.15) is 10.2 Å². The molecule has 5 nitrogen and oxygen atoms in total. The third kappa shape index (κ3) is 3.13. The summed E-state index contributed by atoms with van der Waals surface area (Å²) < 4.78 is 0.699. The van der Waals surface area contributed by atoms with Crippen molar-refractivity contribution in [1.82, 2.24) is 9.97 Å². The first-order chi connectivity index (χ1) is 9.13. The Morgan fingerprint density at radius 3 is 2.89 bits per heavy atom. The van der Waals surface area contributed by atoms with Crippen LogP contribution in [0.1, 0.15) is 5.56 Å². The molecule has 0 fully saturated rings. The highest BCUT2D eigenvalue weighted by Crippen LogP contribution is 2.29. The van der Waals surface area contributed by atoms with Gasteiger partial charge in [0.15, 0.2) is 0 Å². The maximum absolute atomic E-state index is 8.89. The predicted octanol–water partition coefficient (Wildman–Crippen LogP) is 3.55. The van der Waals surface area contributed by atoms with E-state index in [2.05, 4.69) is 42.6 Å². The molecule has 19 heavy (non-hydrogen) atoms. The van der Waals surface area contributed by atoms with Crippen molar-refractivity contribution in [3.8, 4) is 6.07 Å². The predicted molar refractivity (Wildman–Crippen MR) is 78.7 cm³/mol. The molecule has 1 aromatic heterocycles. The zero-order valence-electron chi connectivity index (χ0n) is 9.91. The van der Waals surface area contributed by atoms with E-state index in [0.717, 1.165) is 0 Å². The second-order valence-corrected chi connectivity index (χ2v) is 4.83. The summed E-state index contributed by atoms with van der Waals surface area (Å²) in [7, 11) is 1.73. The van der Waals surface area contributed by atoms with E-state index in [4.69, 9.17) is 16.9 Å². The molecule has 0 spiro atoms. The van der Waals surface area contributed by atoms with Crippen molar-refractivity contribution < 1.29 is 0 Å². The molecule has 0 aliphatic rings. The van der Waals surface area contributed by atoms with Gasteiger partial charge in [0, 0.05) is 13.2 Å². The van der Waals surface area contributed by atoms with Crippen molar-refractivity contribution in [2.24, 2.45) is 0 Å². The average molecular weight is 339 g/mol. The summed E-state index contributed by atoms with van der Waals surface area (Å²) in [5.74, 6) is 1.05. The average Bonchev–Trinajstić information content (AvgIpc) is 2.43. The van der Waals surface area contributed by atoms with Crippen LogP contribution in [0.25, 0.3) is 0 Å². The Labute approximate surface area is 123 Å². The first-order valence-electron chi connectivity index (χ1n) is 5.31. The SMILES string of the molecule is CNc1ncc(Br)c(Nc2cc(C#N)ccc2Cl)n1. The largest absolute Gasteiger partial charge is 0.357 e. The summed E-state index contributed by atoms with van der Waals surface area (Å²) in [6.07, 6.45) is 1.63. The van der Waals surface area contributed by atoms with Gasteiger partial charge in [0.25, 0.3) is 0 Å². The van der Waals surface area contributed by atoms with E-state index < -0.39 is 0 Å². The lowest BCUT2D eigenvalue weighted by Crippen LogP contribution is -2.01. The first kappa shape index (κ1) is 13.6. The molecule has 0 saturated heterocycles. The van der Waals surface area contributed by atoms with Gasteiger partial charge in [-0.1, -0.05) is 11.6 Å². The Bertz CT molecular complexity index is 653.